The van der Waals surface area contributed by atoms with Crippen molar-refractivity contribution in [2.24, 2.45) is 0 Å². The van der Waals surface area contributed by atoms with Gasteiger partial charge in [-0.1, -0.05) is 12.1 Å². The van der Waals surface area contributed by atoms with Gasteiger partial charge in [-0.3, -0.25) is 4.79 Å². The van der Waals surface area contributed by atoms with Crippen molar-refractivity contribution in [2.45, 2.75) is 13.8 Å². The molecule has 0 unspecified atom stereocenters. The van der Waals surface area contributed by atoms with Crippen LogP contribution in [-0.4, -0.2) is 5.78 Å². The standard InChI is InChI=1S/C13H11IOS/c1-8-7-9(2)16-13(8)12(15)10-5-3-4-6-11(10)14/h3-7H,1-2H3. The molecule has 0 saturated carbocycles. The molecule has 2 aromatic rings. The Morgan fingerprint density at radius 3 is 2.50 bits per heavy atom. The third-order valence-corrected chi connectivity index (χ3v) is 4.46. The monoisotopic (exact) mass is 342 g/mol. The number of halogens is 1. The Bertz CT molecular complexity index is 543. The highest BCUT2D eigenvalue weighted by atomic mass is 127. The van der Waals surface area contributed by atoms with Crippen molar-refractivity contribution in [1.29, 1.82) is 0 Å². The number of aryl methyl sites for hydroxylation is 2. The van der Waals surface area contributed by atoms with E-state index in [9.17, 15) is 4.79 Å². The molecule has 0 radical (unpaired) electrons. The van der Waals surface area contributed by atoms with Crippen LogP contribution in [-0.2, 0) is 0 Å². The van der Waals surface area contributed by atoms with E-state index in [2.05, 4.69) is 28.7 Å². The first-order valence-corrected chi connectivity index (χ1v) is 6.85. The van der Waals surface area contributed by atoms with E-state index in [-0.39, 0.29) is 5.78 Å². The van der Waals surface area contributed by atoms with Gasteiger partial charge >= 0.3 is 0 Å². The van der Waals surface area contributed by atoms with Crippen molar-refractivity contribution in [3.05, 3.63) is 54.8 Å². The van der Waals surface area contributed by atoms with Crippen molar-refractivity contribution in [3.8, 4) is 0 Å². The SMILES string of the molecule is Cc1cc(C)c(C(=O)c2ccccc2I)s1. The van der Waals surface area contributed by atoms with Crippen LogP contribution < -0.4 is 0 Å². The molecule has 0 bridgehead atoms. The van der Waals surface area contributed by atoms with Crippen LogP contribution in [0.2, 0.25) is 0 Å². The Balaban J connectivity index is 2.47. The second kappa shape index (κ2) is 4.67. The van der Waals surface area contributed by atoms with E-state index in [0.29, 0.717) is 0 Å². The Morgan fingerprint density at radius 1 is 1.25 bits per heavy atom. The second-order valence-electron chi connectivity index (χ2n) is 3.68. The summed E-state index contributed by atoms with van der Waals surface area (Å²) < 4.78 is 1.01. The third kappa shape index (κ3) is 2.20. The average Bonchev–Trinajstić information content (AvgIpc) is 2.58. The van der Waals surface area contributed by atoms with Crippen LogP contribution in [0.4, 0.5) is 0 Å². The summed E-state index contributed by atoms with van der Waals surface area (Å²) in [5.41, 5.74) is 1.88. The first kappa shape index (κ1) is 11.8. The molecule has 1 heterocycles. The number of carbonyl (C=O) groups excluding carboxylic acids is 1. The fourth-order valence-electron chi connectivity index (χ4n) is 1.63. The maximum atomic E-state index is 12.3. The second-order valence-corrected chi connectivity index (χ2v) is 6.10. The van der Waals surface area contributed by atoms with Gasteiger partial charge in [0.1, 0.15) is 0 Å². The van der Waals surface area contributed by atoms with Gasteiger partial charge in [-0.2, -0.15) is 0 Å². The van der Waals surface area contributed by atoms with Crippen LogP contribution in [0.1, 0.15) is 25.7 Å². The molecule has 1 aromatic carbocycles. The van der Waals surface area contributed by atoms with Gasteiger partial charge in [0.2, 0.25) is 5.78 Å². The fourth-order valence-corrected chi connectivity index (χ4v) is 3.25. The zero-order valence-electron chi connectivity index (χ0n) is 9.08. The maximum absolute atomic E-state index is 12.3. The van der Waals surface area contributed by atoms with E-state index in [1.165, 1.54) is 4.88 Å². The summed E-state index contributed by atoms with van der Waals surface area (Å²) in [6.07, 6.45) is 0. The van der Waals surface area contributed by atoms with Crippen LogP contribution in [0.15, 0.2) is 30.3 Å². The van der Waals surface area contributed by atoms with Gasteiger partial charge in [-0.25, -0.2) is 0 Å². The summed E-state index contributed by atoms with van der Waals surface area (Å²) in [5, 5.41) is 0. The Labute approximate surface area is 113 Å². The minimum Gasteiger partial charge on any atom is -0.288 e. The molecule has 0 spiro atoms. The lowest BCUT2D eigenvalue weighted by Crippen LogP contribution is -2.02. The zero-order chi connectivity index (χ0) is 11.7. The molecule has 16 heavy (non-hydrogen) atoms. The molecular formula is C13H11IOS. The Morgan fingerprint density at radius 2 is 1.94 bits per heavy atom. The number of hydrogen-bond donors (Lipinski definition) is 0. The van der Waals surface area contributed by atoms with Crippen molar-refractivity contribution >= 4 is 39.7 Å². The van der Waals surface area contributed by atoms with Crippen molar-refractivity contribution in [3.63, 3.8) is 0 Å². The number of rotatable bonds is 2. The molecule has 0 fully saturated rings. The van der Waals surface area contributed by atoms with E-state index < -0.39 is 0 Å². The molecule has 2 rings (SSSR count). The molecule has 82 valence electrons. The summed E-state index contributed by atoms with van der Waals surface area (Å²) in [4.78, 5) is 14.4. The van der Waals surface area contributed by atoms with Gasteiger partial charge in [0, 0.05) is 14.0 Å². The minimum absolute atomic E-state index is 0.139. The Hall–Kier alpha value is -0.680. The average molecular weight is 342 g/mol. The maximum Gasteiger partial charge on any atom is 0.204 e. The molecule has 0 aliphatic heterocycles. The first-order valence-electron chi connectivity index (χ1n) is 4.96. The lowest BCUT2D eigenvalue weighted by Gasteiger charge is -2.02. The van der Waals surface area contributed by atoms with E-state index in [0.717, 1.165) is 19.6 Å². The molecule has 0 N–H and O–H groups in total. The van der Waals surface area contributed by atoms with Crippen molar-refractivity contribution in [2.75, 3.05) is 0 Å². The number of benzene rings is 1. The van der Waals surface area contributed by atoms with Gasteiger partial charge in [0.25, 0.3) is 0 Å². The summed E-state index contributed by atoms with van der Waals surface area (Å²) in [7, 11) is 0. The molecule has 3 heteroatoms. The predicted molar refractivity (Wildman–Crippen MR) is 76.4 cm³/mol. The highest BCUT2D eigenvalue weighted by Crippen LogP contribution is 2.25. The Kier molecular flexibility index (Phi) is 3.44. The van der Waals surface area contributed by atoms with Crippen LogP contribution in [0.25, 0.3) is 0 Å². The smallest absolute Gasteiger partial charge is 0.204 e. The number of thiophene rings is 1. The lowest BCUT2D eigenvalue weighted by atomic mass is 10.1. The predicted octanol–water partition coefficient (Wildman–Crippen LogP) is 4.20. The zero-order valence-corrected chi connectivity index (χ0v) is 12.1. The summed E-state index contributed by atoms with van der Waals surface area (Å²) in [6.45, 7) is 4.02. The quantitative estimate of drug-likeness (QED) is 0.591. The van der Waals surface area contributed by atoms with Crippen LogP contribution >= 0.6 is 33.9 Å². The number of hydrogen-bond acceptors (Lipinski definition) is 2. The fraction of sp³-hybridized carbons (Fsp3) is 0.154. The van der Waals surface area contributed by atoms with Gasteiger partial charge < -0.3 is 0 Å². The molecule has 0 aliphatic carbocycles. The normalized spacial score (nSPS) is 10.4. The van der Waals surface area contributed by atoms with Gasteiger partial charge in [-0.05, 0) is 60.2 Å². The molecule has 1 aromatic heterocycles. The van der Waals surface area contributed by atoms with Crippen LogP contribution in [0.5, 0.6) is 0 Å². The van der Waals surface area contributed by atoms with Gasteiger partial charge in [-0.15, -0.1) is 11.3 Å². The first-order chi connectivity index (χ1) is 7.59. The van der Waals surface area contributed by atoms with E-state index in [4.69, 9.17) is 0 Å². The summed E-state index contributed by atoms with van der Waals surface area (Å²) >= 11 is 3.78. The van der Waals surface area contributed by atoms with Gasteiger partial charge in [0.05, 0.1) is 4.88 Å². The summed E-state index contributed by atoms with van der Waals surface area (Å²) in [6, 6.07) is 9.77. The third-order valence-electron chi connectivity index (χ3n) is 2.37. The molecular weight excluding hydrogens is 331 g/mol. The van der Waals surface area contributed by atoms with E-state index in [1.807, 2.05) is 38.1 Å². The molecule has 0 aliphatic rings. The van der Waals surface area contributed by atoms with E-state index >= 15 is 0 Å². The highest BCUT2D eigenvalue weighted by molar-refractivity contribution is 14.1. The highest BCUT2D eigenvalue weighted by Gasteiger charge is 2.16. The van der Waals surface area contributed by atoms with Crippen LogP contribution in [0.3, 0.4) is 0 Å². The number of carbonyl (C=O) groups is 1. The van der Waals surface area contributed by atoms with Gasteiger partial charge in [0.15, 0.2) is 0 Å². The molecule has 0 saturated heterocycles. The molecule has 0 amide bonds. The topological polar surface area (TPSA) is 17.1 Å². The van der Waals surface area contributed by atoms with E-state index in [1.54, 1.807) is 11.3 Å². The van der Waals surface area contributed by atoms with Crippen LogP contribution in [0, 0.1) is 17.4 Å². The molecule has 0 atom stereocenters. The molecule has 1 nitrogen and oxygen atoms in total. The summed E-state index contributed by atoms with van der Waals surface area (Å²) in [5.74, 6) is 0.139. The lowest BCUT2D eigenvalue weighted by molar-refractivity contribution is 0.104. The van der Waals surface area contributed by atoms with Crippen molar-refractivity contribution < 1.29 is 4.79 Å². The number of ketones is 1. The minimum atomic E-state index is 0.139. The van der Waals surface area contributed by atoms with Crippen molar-refractivity contribution in [1.82, 2.24) is 0 Å². The largest absolute Gasteiger partial charge is 0.288 e.